The van der Waals surface area contributed by atoms with Gasteiger partial charge >= 0.3 is 5.92 Å². The summed E-state index contributed by atoms with van der Waals surface area (Å²) in [6, 6.07) is 0. The van der Waals surface area contributed by atoms with E-state index in [1.165, 1.54) is 5.92 Å². The predicted octanol–water partition coefficient (Wildman–Crippen LogP) is 1.32. The van der Waals surface area contributed by atoms with Crippen LogP contribution in [0.3, 0.4) is 0 Å². The van der Waals surface area contributed by atoms with Gasteiger partial charge in [0, 0.05) is 6.42 Å². The molecular formula is C10H15F2NO2. The summed E-state index contributed by atoms with van der Waals surface area (Å²) in [7, 11) is 0. The quantitative estimate of drug-likeness (QED) is 0.656. The molecule has 0 spiro atoms. The molecule has 1 atom stereocenters. The van der Waals surface area contributed by atoms with Gasteiger partial charge in [-0.3, -0.25) is 4.79 Å². The van der Waals surface area contributed by atoms with Gasteiger partial charge in [-0.1, -0.05) is 6.92 Å². The summed E-state index contributed by atoms with van der Waals surface area (Å²) in [5.74, 6) is -2.32. The molecule has 2 N–H and O–H groups in total. The van der Waals surface area contributed by atoms with Crippen LogP contribution in [0.4, 0.5) is 8.78 Å². The Balaban J connectivity index is 3.91. The lowest BCUT2D eigenvalue weighted by Gasteiger charge is -2.17. The predicted molar refractivity (Wildman–Crippen MR) is 52.2 cm³/mol. The molecule has 0 aromatic rings. The maximum atomic E-state index is 12.7. The van der Waals surface area contributed by atoms with E-state index in [2.05, 4.69) is 6.42 Å². The Bertz CT molecular complexity index is 248. The van der Waals surface area contributed by atoms with Crippen molar-refractivity contribution in [3.63, 3.8) is 0 Å². The van der Waals surface area contributed by atoms with E-state index in [9.17, 15) is 13.6 Å². The Morgan fingerprint density at radius 1 is 1.67 bits per heavy atom. The zero-order valence-corrected chi connectivity index (χ0v) is 8.63. The number of nitrogens with two attached hydrogens (primary N) is 1. The van der Waals surface area contributed by atoms with Crippen LogP contribution in [0, 0.1) is 12.3 Å². The van der Waals surface area contributed by atoms with Gasteiger partial charge in [-0.25, -0.2) is 0 Å². The molecule has 0 aromatic carbocycles. The van der Waals surface area contributed by atoms with Crippen LogP contribution in [-0.4, -0.2) is 24.5 Å². The Kier molecular flexibility index (Phi) is 5.87. The smallest absolute Gasteiger partial charge is 0.307 e. The summed E-state index contributed by atoms with van der Waals surface area (Å²) in [4.78, 5) is 10.4. The highest BCUT2D eigenvalue weighted by atomic mass is 19.3. The van der Waals surface area contributed by atoms with Crippen LogP contribution in [0.25, 0.3) is 0 Å². The zero-order chi connectivity index (χ0) is 11.9. The van der Waals surface area contributed by atoms with Crippen LogP contribution in [0.1, 0.15) is 26.2 Å². The summed E-state index contributed by atoms with van der Waals surface area (Å²) in [5.41, 5.74) is 4.86. The van der Waals surface area contributed by atoms with E-state index in [0.29, 0.717) is 6.42 Å². The normalized spacial score (nSPS) is 13.2. The lowest BCUT2D eigenvalue weighted by Crippen LogP contribution is -2.25. The van der Waals surface area contributed by atoms with Crippen molar-refractivity contribution >= 4 is 5.91 Å². The van der Waals surface area contributed by atoms with Crippen LogP contribution >= 0.6 is 0 Å². The van der Waals surface area contributed by atoms with E-state index >= 15 is 0 Å². The highest BCUT2D eigenvalue weighted by Gasteiger charge is 2.26. The summed E-state index contributed by atoms with van der Waals surface area (Å²) >= 11 is 0. The number of carbonyl (C=O) groups excluding carboxylic acids is 1. The maximum absolute atomic E-state index is 12.7. The van der Waals surface area contributed by atoms with Crippen molar-refractivity contribution in [3.05, 3.63) is 0 Å². The molecule has 5 heteroatoms. The third kappa shape index (κ3) is 6.86. The van der Waals surface area contributed by atoms with Crippen LogP contribution in [0.15, 0.2) is 0 Å². The van der Waals surface area contributed by atoms with Gasteiger partial charge in [-0.2, -0.15) is 8.78 Å². The largest absolute Gasteiger partial charge is 0.368 e. The van der Waals surface area contributed by atoms with Crippen LogP contribution in [0.5, 0.6) is 0 Å². The van der Waals surface area contributed by atoms with Gasteiger partial charge in [-0.05, 0) is 18.8 Å². The number of halogens is 2. The molecule has 3 nitrogen and oxygen atoms in total. The number of hydrogen-bond donors (Lipinski definition) is 1. The Morgan fingerprint density at radius 3 is 2.67 bits per heavy atom. The van der Waals surface area contributed by atoms with E-state index in [0.717, 1.165) is 0 Å². The number of hydrogen-bond acceptors (Lipinski definition) is 2. The van der Waals surface area contributed by atoms with Gasteiger partial charge in [0.1, 0.15) is 6.61 Å². The van der Waals surface area contributed by atoms with Crippen molar-refractivity contribution in [2.45, 2.75) is 38.2 Å². The van der Waals surface area contributed by atoms with E-state index in [1.807, 2.05) is 0 Å². The number of primary amides is 1. The molecule has 86 valence electrons. The number of ether oxygens (including phenoxy) is 1. The molecule has 0 saturated heterocycles. The molecule has 0 aliphatic carbocycles. The molecule has 0 heterocycles. The summed E-state index contributed by atoms with van der Waals surface area (Å²) < 4.78 is 30.3. The third-order valence-corrected chi connectivity index (χ3v) is 1.91. The van der Waals surface area contributed by atoms with Gasteiger partial charge in [0.2, 0.25) is 5.91 Å². The number of amides is 1. The van der Waals surface area contributed by atoms with Crippen molar-refractivity contribution in [2.75, 3.05) is 6.61 Å². The monoisotopic (exact) mass is 219 g/mol. The Hall–Kier alpha value is -1.15. The first-order valence-corrected chi connectivity index (χ1v) is 4.66. The summed E-state index contributed by atoms with van der Waals surface area (Å²) in [5, 5.41) is 0. The van der Waals surface area contributed by atoms with Gasteiger partial charge in [0.15, 0.2) is 0 Å². The second-order valence-corrected chi connectivity index (χ2v) is 3.20. The molecule has 0 bridgehead atoms. The molecule has 0 fully saturated rings. The summed E-state index contributed by atoms with van der Waals surface area (Å²) in [6.07, 6.45) is 4.44. The van der Waals surface area contributed by atoms with E-state index in [-0.39, 0.29) is 13.0 Å². The SMILES string of the molecule is C#CC(F)(F)CCC(CC)OCC(N)=O. The van der Waals surface area contributed by atoms with E-state index < -0.39 is 24.4 Å². The van der Waals surface area contributed by atoms with Crippen molar-refractivity contribution in [1.29, 1.82) is 0 Å². The minimum atomic E-state index is -3.11. The molecular weight excluding hydrogens is 204 g/mol. The number of alkyl halides is 2. The van der Waals surface area contributed by atoms with Gasteiger partial charge < -0.3 is 10.5 Å². The average molecular weight is 219 g/mol. The first-order valence-electron chi connectivity index (χ1n) is 4.66. The molecule has 0 aliphatic rings. The second kappa shape index (κ2) is 6.36. The molecule has 0 aliphatic heterocycles. The minimum Gasteiger partial charge on any atom is -0.368 e. The fraction of sp³-hybridized carbons (Fsp3) is 0.700. The number of terminal acetylenes is 1. The van der Waals surface area contributed by atoms with E-state index in [4.69, 9.17) is 10.5 Å². The van der Waals surface area contributed by atoms with Crippen LogP contribution < -0.4 is 5.73 Å². The van der Waals surface area contributed by atoms with Crippen molar-refractivity contribution < 1.29 is 18.3 Å². The zero-order valence-electron chi connectivity index (χ0n) is 8.63. The Morgan fingerprint density at radius 2 is 2.27 bits per heavy atom. The average Bonchev–Trinajstić information content (AvgIpc) is 2.18. The minimum absolute atomic E-state index is 0.112. The fourth-order valence-electron chi connectivity index (χ4n) is 1.02. The number of rotatable bonds is 7. The van der Waals surface area contributed by atoms with E-state index in [1.54, 1.807) is 6.92 Å². The number of carbonyl (C=O) groups is 1. The summed E-state index contributed by atoms with van der Waals surface area (Å²) in [6.45, 7) is 1.53. The maximum Gasteiger partial charge on any atom is 0.307 e. The molecule has 0 radical (unpaired) electrons. The first-order chi connectivity index (χ1) is 6.91. The second-order valence-electron chi connectivity index (χ2n) is 3.20. The molecule has 1 amide bonds. The first kappa shape index (κ1) is 13.8. The molecule has 0 aromatic heterocycles. The third-order valence-electron chi connectivity index (χ3n) is 1.91. The van der Waals surface area contributed by atoms with Gasteiger partial charge in [0.25, 0.3) is 0 Å². The Labute approximate surface area is 88.0 Å². The molecule has 15 heavy (non-hydrogen) atoms. The highest BCUT2D eigenvalue weighted by molar-refractivity contribution is 5.74. The van der Waals surface area contributed by atoms with Gasteiger partial charge in [0.05, 0.1) is 6.10 Å². The molecule has 0 rings (SSSR count). The highest BCUT2D eigenvalue weighted by Crippen LogP contribution is 2.21. The van der Waals surface area contributed by atoms with Crippen LogP contribution in [-0.2, 0) is 9.53 Å². The molecule has 1 unspecified atom stereocenters. The molecule has 0 saturated carbocycles. The topological polar surface area (TPSA) is 52.3 Å². The standard InChI is InChI=1S/C10H15F2NO2/c1-3-8(15-7-9(13)14)5-6-10(11,12)4-2/h2,8H,3,5-7H2,1H3,(H2,13,14). The lowest BCUT2D eigenvalue weighted by molar-refractivity contribution is -0.124. The van der Waals surface area contributed by atoms with Crippen molar-refractivity contribution in [1.82, 2.24) is 0 Å². The van der Waals surface area contributed by atoms with Crippen molar-refractivity contribution in [2.24, 2.45) is 5.73 Å². The van der Waals surface area contributed by atoms with Crippen LogP contribution in [0.2, 0.25) is 0 Å². The van der Waals surface area contributed by atoms with Crippen molar-refractivity contribution in [3.8, 4) is 12.3 Å². The lowest BCUT2D eigenvalue weighted by atomic mass is 10.1. The van der Waals surface area contributed by atoms with Gasteiger partial charge in [-0.15, -0.1) is 6.42 Å². The fourth-order valence-corrected chi connectivity index (χ4v) is 1.02.